The highest BCUT2D eigenvalue weighted by Crippen LogP contribution is 2.60. The van der Waals surface area contributed by atoms with E-state index in [-0.39, 0.29) is 17.2 Å². The van der Waals surface area contributed by atoms with Crippen LogP contribution in [0.4, 0.5) is 0 Å². The molecule has 0 radical (unpaired) electrons. The number of rotatable bonds is 2. The third-order valence-electron chi connectivity index (χ3n) is 6.22. The Bertz CT molecular complexity index is 404. The first-order chi connectivity index (χ1) is 9.64. The van der Waals surface area contributed by atoms with Gasteiger partial charge in [0.1, 0.15) is 0 Å². The maximum Gasteiger partial charge on any atom is 0.312 e. The molecule has 5 rings (SSSR count). The van der Waals surface area contributed by atoms with Gasteiger partial charge in [0.05, 0.1) is 5.41 Å². The number of Topliss-reactive ketones (excluding diaryl/α,β-unsaturated/α-hetero) is 1. The Labute approximate surface area is 120 Å². The van der Waals surface area contributed by atoms with E-state index in [0.29, 0.717) is 6.42 Å². The highest BCUT2D eigenvalue weighted by molar-refractivity contribution is 5.87. The van der Waals surface area contributed by atoms with Gasteiger partial charge in [-0.2, -0.15) is 0 Å². The van der Waals surface area contributed by atoms with E-state index in [9.17, 15) is 9.59 Å². The van der Waals surface area contributed by atoms with Crippen molar-refractivity contribution in [1.82, 2.24) is 0 Å². The molecule has 0 N–H and O–H groups in total. The van der Waals surface area contributed by atoms with Gasteiger partial charge in [-0.3, -0.25) is 9.59 Å². The lowest BCUT2D eigenvalue weighted by atomic mass is 9.49. The minimum atomic E-state index is -0.427. The van der Waals surface area contributed by atoms with Crippen LogP contribution in [0.15, 0.2) is 0 Å². The van der Waals surface area contributed by atoms with Gasteiger partial charge >= 0.3 is 5.97 Å². The fraction of sp³-hybridized carbons (Fsp3) is 0.882. The maximum absolute atomic E-state index is 12.7. The standard InChI is InChI=1S/C17H24O3/c18-14-3-1-2-4-15(14)20-16(19)17-8-11-5-12(9-17)7-13(6-11)10-17/h11-13,15H,1-10H2/t11?,12?,13?,15-,17?/m0/s1. The van der Waals surface area contributed by atoms with Gasteiger partial charge in [0.25, 0.3) is 0 Å². The minimum absolute atomic E-state index is 0.0307. The average molecular weight is 276 g/mol. The molecule has 0 aromatic rings. The van der Waals surface area contributed by atoms with Gasteiger partial charge in [-0.25, -0.2) is 0 Å². The number of carbonyl (C=O) groups excluding carboxylic acids is 2. The van der Waals surface area contributed by atoms with Crippen molar-refractivity contribution < 1.29 is 14.3 Å². The minimum Gasteiger partial charge on any atom is -0.454 e. The number of ketones is 1. The molecule has 5 aliphatic carbocycles. The second-order valence-corrected chi connectivity index (χ2v) is 7.80. The first-order valence-corrected chi connectivity index (χ1v) is 8.38. The predicted octanol–water partition coefficient (Wildman–Crippen LogP) is 3.26. The monoisotopic (exact) mass is 276 g/mol. The average Bonchev–Trinajstić information content (AvgIpc) is 2.40. The van der Waals surface area contributed by atoms with Crippen molar-refractivity contribution in [3.8, 4) is 0 Å². The van der Waals surface area contributed by atoms with Crippen LogP contribution in [0.1, 0.15) is 64.2 Å². The van der Waals surface area contributed by atoms with Gasteiger partial charge in [-0.1, -0.05) is 0 Å². The van der Waals surface area contributed by atoms with Crippen LogP contribution < -0.4 is 0 Å². The summed E-state index contributed by atoms with van der Waals surface area (Å²) in [4.78, 5) is 24.6. The smallest absolute Gasteiger partial charge is 0.312 e. The first-order valence-electron chi connectivity index (χ1n) is 8.38. The molecule has 5 aliphatic rings. The zero-order valence-corrected chi connectivity index (χ0v) is 12.1. The summed E-state index contributed by atoms with van der Waals surface area (Å²) in [6, 6.07) is 0. The number of carbonyl (C=O) groups is 2. The molecule has 0 aliphatic heterocycles. The Morgan fingerprint density at radius 2 is 1.60 bits per heavy atom. The molecule has 0 amide bonds. The van der Waals surface area contributed by atoms with E-state index in [1.165, 1.54) is 19.3 Å². The van der Waals surface area contributed by atoms with Crippen LogP contribution in [0.2, 0.25) is 0 Å². The maximum atomic E-state index is 12.7. The normalized spacial score (nSPS) is 46.5. The molecule has 0 spiro atoms. The fourth-order valence-electron chi connectivity index (χ4n) is 5.69. The Balaban J connectivity index is 1.49. The lowest BCUT2D eigenvalue weighted by Crippen LogP contribution is -2.51. The van der Waals surface area contributed by atoms with Gasteiger partial charge in [0.2, 0.25) is 0 Å². The molecule has 0 heterocycles. The lowest BCUT2D eigenvalue weighted by Gasteiger charge is -2.55. The van der Waals surface area contributed by atoms with Crippen molar-refractivity contribution in [3.63, 3.8) is 0 Å². The largest absolute Gasteiger partial charge is 0.454 e. The molecule has 1 atom stereocenters. The van der Waals surface area contributed by atoms with Crippen LogP contribution in [-0.4, -0.2) is 17.9 Å². The van der Waals surface area contributed by atoms with E-state index in [0.717, 1.165) is 56.3 Å². The summed E-state index contributed by atoms with van der Waals surface area (Å²) in [6.07, 6.45) is 9.96. The van der Waals surface area contributed by atoms with Crippen LogP contribution in [0.3, 0.4) is 0 Å². The van der Waals surface area contributed by atoms with Crippen LogP contribution in [0.5, 0.6) is 0 Å². The van der Waals surface area contributed by atoms with E-state index in [4.69, 9.17) is 4.74 Å². The lowest BCUT2D eigenvalue weighted by molar-refractivity contribution is -0.180. The van der Waals surface area contributed by atoms with Crippen molar-refractivity contribution in [2.24, 2.45) is 23.2 Å². The first kappa shape index (κ1) is 12.8. The van der Waals surface area contributed by atoms with Gasteiger partial charge < -0.3 is 4.74 Å². The molecule has 0 saturated heterocycles. The molecule has 0 aromatic heterocycles. The number of ether oxygens (including phenoxy) is 1. The van der Waals surface area contributed by atoms with Crippen molar-refractivity contribution in [1.29, 1.82) is 0 Å². The molecule has 4 bridgehead atoms. The van der Waals surface area contributed by atoms with Crippen LogP contribution in [-0.2, 0) is 14.3 Å². The van der Waals surface area contributed by atoms with Gasteiger partial charge in [0.15, 0.2) is 11.9 Å². The van der Waals surface area contributed by atoms with E-state index >= 15 is 0 Å². The molecule has 20 heavy (non-hydrogen) atoms. The third-order valence-corrected chi connectivity index (χ3v) is 6.22. The molecular weight excluding hydrogens is 252 g/mol. The molecule has 0 aromatic carbocycles. The zero-order chi connectivity index (χ0) is 13.7. The summed E-state index contributed by atoms with van der Waals surface area (Å²) in [5.74, 6) is 2.36. The summed E-state index contributed by atoms with van der Waals surface area (Å²) in [5, 5.41) is 0. The Hall–Kier alpha value is -0.860. The number of hydrogen-bond acceptors (Lipinski definition) is 3. The van der Waals surface area contributed by atoms with Crippen molar-refractivity contribution >= 4 is 11.8 Å². The summed E-state index contributed by atoms with van der Waals surface area (Å²) in [5.41, 5.74) is -0.216. The summed E-state index contributed by atoms with van der Waals surface area (Å²) in [7, 11) is 0. The summed E-state index contributed by atoms with van der Waals surface area (Å²) < 4.78 is 5.70. The number of hydrogen-bond donors (Lipinski definition) is 0. The molecule has 3 nitrogen and oxygen atoms in total. The van der Waals surface area contributed by atoms with Gasteiger partial charge in [0, 0.05) is 6.42 Å². The number of esters is 1. The van der Waals surface area contributed by atoms with E-state index in [1.807, 2.05) is 0 Å². The van der Waals surface area contributed by atoms with Crippen molar-refractivity contribution in [2.75, 3.05) is 0 Å². The van der Waals surface area contributed by atoms with Gasteiger partial charge in [-0.15, -0.1) is 0 Å². The predicted molar refractivity (Wildman–Crippen MR) is 74.0 cm³/mol. The van der Waals surface area contributed by atoms with E-state index in [2.05, 4.69) is 0 Å². The molecule has 0 unspecified atom stereocenters. The SMILES string of the molecule is O=C1CCCC[C@@H]1OC(=O)C12CC3CC(CC(C3)C1)C2. The third kappa shape index (κ3) is 2.01. The van der Waals surface area contributed by atoms with Gasteiger partial charge in [-0.05, 0) is 75.5 Å². The molecule has 5 saturated carbocycles. The van der Waals surface area contributed by atoms with Crippen LogP contribution in [0.25, 0.3) is 0 Å². The molecule has 110 valence electrons. The van der Waals surface area contributed by atoms with Crippen LogP contribution >= 0.6 is 0 Å². The Morgan fingerprint density at radius 1 is 1.00 bits per heavy atom. The topological polar surface area (TPSA) is 43.4 Å². The van der Waals surface area contributed by atoms with Crippen LogP contribution in [0, 0.1) is 23.2 Å². The van der Waals surface area contributed by atoms with Crippen molar-refractivity contribution in [2.45, 2.75) is 70.3 Å². The van der Waals surface area contributed by atoms with Crippen molar-refractivity contribution in [3.05, 3.63) is 0 Å². The summed E-state index contributed by atoms with van der Waals surface area (Å²) in [6.45, 7) is 0. The Morgan fingerprint density at radius 3 is 2.15 bits per heavy atom. The highest BCUT2D eigenvalue weighted by atomic mass is 16.5. The zero-order valence-electron chi connectivity index (χ0n) is 12.1. The molecule has 3 heteroatoms. The second kappa shape index (κ2) is 4.57. The summed E-state index contributed by atoms with van der Waals surface area (Å²) >= 11 is 0. The van der Waals surface area contributed by atoms with E-state index in [1.54, 1.807) is 0 Å². The second-order valence-electron chi connectivity index (χ2n) is 7.80. The van der Waals surface area contributed by atoms with E-state index < -0.39 is 6.10 Å². The molecule has 5 fully saturated rings. The quantitative estimate of drug-likeness (QED) is 0.727. The molecular formula is C17H24O3. The highest BCUT2D eigenvalue weighted by Gasteiger charge is 2.56. The fourth-order valence-corrected chi connectivity index (χ4v) is 5.69. The Kier molecular flexibility index (Phi) is 2.94.